The van der Waals surface area contributed by atoms with E-state index in [-0.39, 0.29) is 10.6 Å². The average molecular weight is 388 g/mol. The standard InChI is InChI=1S/C18H26F2N2O3S/c1-14-6-10-21(11-7-14)15-8-12-22(13-9-15)26(23,24)17-4-2-16(3-5-17)25-18(19)20/h2-5,14-15,18H,6-13H2,1H3. The topological polar surface area (TPSA) is 49.9 Å². The molecule has 0 amide bonds. The Bertz CT molecular complexity index is 681. The van der Waals surface area contributed by atoms with Gasteiger partial charge in [-0.15, -0.1) is 0 Å². The molecule has 26 heavy (non-hydrogen) atoms. The number of piperidine rings is 2. The molecule has 2 fully saturated rings. The highest BCUT2D eigenvalue weighted by Gasteiger charge is 2.32. The van der Waals surface area contributed by atoms with Gasteiger partial charge in [0, 0.05) is 19.1 Å². The zero-order valence-corrected chi connectivity index (χ0v) is 15.8. The summed E-state index contributed by atoms with van der Waals surface area (Å²) in [5.41, 5.74) is 0. The van der Waals surface area contributed by atoms with E-state index in [0.717, 1.165) is 31.8 Å². The molecular weight excluding hydrogens is 362 g/mol. The van der Waals surface area contributed by atoms with Gasteiger partial charge in [0.25, 0.3) is 0 Å². The van der Waals surface area contributed by atoms with Crippen molar-refractivity contribution in [3.8, 4) is 5.75 Å². The minimum absolute atomic E-state index is 0.0445. The van der Waals surface area contributed by atoms with Gasteiger partial charge in [0.05, 0.1) is 4.90 Å². The molecule has 0 N–H and O–H groups in total. The number of hydrogen-bond donors (Lipinski definition) is 0. The molecule has 0 aliphatic carbocycles. The second-order valence-electron chi connectivity index (χ2n) is 7.20. The lowest BCUT2D eigenvalue weighted by atomic mass is 9.95. The van der Waals surface area contributed by atoms with Gasteiger partial charge in [-0.2, -0.15) is 13.1 Å². The van der Waals surface area contributed by atoms with Gasteiger partial charge in [-0.05, 0) is 69.0 Å². The Labute approximate surface area is 154 Å². The molecule has 5 nitrogen and oxygen atoms in total. The van der Waals surface area contributed by atoms with E-state index in [1.165, 1.54) is 41.4 Å². The van der Waals surface area contributed by atoms with E-state index in [2.05, 4.69) is 16.6 Å². The first kappa shape index (κ1) is 19.5. The first-order valence-electron chi connectivity index (χ1n) is 9.15. The van der Waals surface area contributed by atoms with Crippen molar-refractivity contribution in [1.29, 1.82) is 0 Å². The lowest BCUT2D eigenvalue weighted by Crippen LogP contribution is -2.48. The number of halogens is 2. The molecule has 1 aromatic rings. The predicted octanol–water partition coefficient (Wildman–Crippen LogP) is 3.17. The Morgan fingerprint density at radius 3 is 2.12 bits per heavy atom. The molecule has 2 aliphatic heterocycles. The molecule has 0 atom stereocenters. The fourth-order valence-electron chi connectivity index (χ4n) is 3.78. The van der Waals surface area contributed by atoms with Gasteiger partial charge in [-0.1, -0.05) is 6.92 Å². The highest BCUT2D eigenvalue weighted by molar-refractivity contribution is 7.89. The Kier molecular flexibility index (Phi) is 6.14. The summed E-state index contributed by atoms with van der Waals surface area (Å²) in [4.78, 5) is 2.62. The quantitative estimate of drug-likeness (QED) is 0.777. The summed E-state index contributed by atoms with van der Waals surface area (Å²) in [7, 11) is -3.60. The van der Waals surface area contributed by atoms with Crippen molar-refractivity contribution in [2.24, 2.45) is 5.92 Å². The van der Waals surface area contributed by atoms with E-state index >= 15 is 0 Å². The van der Waals surface area contributed by atoms with Crippen molar-refractivity contribution >= 4 is 10.0 Å². The largest absolute Gasteiger partial charge is 0.435 e. The molecule has 0 saturated carbocycles. The normalized spacial score (nSPS) is 22.0. The summed E-state index contributed by atoms with van der Waals surface area (Å²) in [6.07, 6.45) is 4.09. The maximum atomic E-state index is 12.8. The van der Waals surface area contributed by atoms with Crippen LogP contribution in [0.2, 0.25) is 0 Å². The maximum absolute atomic E-state index is 12.8. The summed E-state index contributed by atoms with van der Waals surface area (Å²) in [6.45, 7) is 2.55. The van der Waals surface area contributed by atoms with Crippen LogP contribution in [0.4, 0.5) is 8.78 Å². The van der Waals surface area contributed by atoms with Crippen molar-refractivity contribution in [2.45, 2.75) is 50.2 Å². The van der Waals surface area contributed by atoms with Crippen LogP contribution in [-0.4, -0.2) is 56.5 Å². The summed E-state index contributed by atoms with van der Waals surface area (Å²) in [6, 6.07) is 5.63. The highest BCUT2D eigenvalue weighted by Crippen LogP contribution is 2.27. The third kappa shape index (κ3) is 4.53. The highest BCUT2D eigenvalue weighted by atomic mass is 32.2. The monoisotopic (exact) mass is 388 g/mol. The summed E-state index contributed by atoms with van der Waals surface area (Å²) >= 11 is 0. The summed E-state index contributed by atoms with van der Waals surface area (Å²) in [5.74, 6) is 0.737. The summed E-state index contributed by atoms with van der Waals surface area (Å²) < 4.78 is 55.7. The molecule has 146 valence electrons. The third-order valence-corrected chi connectivity index (χ3v) is 7.36. The lowest BCUT2D eigenvalue weighted by Gasteiger charge is -2.41. The van der Waals surface area contributed by atoms with Gasteiger partial charge in [-0.25, -0.2) is 8.42 Å². The van der Waals surface area contributed by atoms with Crippen molar-refractivity contribution in [3.05, 3.63) is 24.3 Å². The fourth-order valence-corrected chi connectivity index (χ4v) is 5.25. The van der Waals surface area contributed by atoms with Crippen LogP contribution in [0, 0.1) is 5.92 Å². The maximum Gasteiger partial charge on any atom is 0.387 e. The van der Waals surface area contributed by atoms with Gasteiger partial charge in [-0.3, -0.25) is 0 Å². The minimum atomic E-state index is -3.60. The first-order valence-corrected chi connectivity index (χ1v) is 10.6. The number of benzene rings is 1. The molecule has 0 bridgehead atoms. The molecule has 8 heteroatoms. The van der Waals surface area contributed by atoms with Gasteiger partial charge < -0.3 is 9.64 Å². The average Bonchev–Trinajstić information content (AvgIpc) is 2.62. The van der Waals surface area contributed by atoms with Crippen molar-refractivity contribution < 1.29 is 21.9 Å². The van der Waals surface area contributed by atoms with E-state index in [0.29, 0.717) is 19.1 Å². The fraction of sp³-hybridized carbons (Fsp3) is 0.667. The molecule has 2 saturated heterocycles. The van der Waals surface area contributed by atoms with Gasteiger partial charge >= 0.3 is 6.61 Å². The molecule has 2 heterocycles. The SMILES string of the molecule is CC1CCN(C2CCN(S(=O)(=O)c3ccc(OC(F)F)cc3)CC2)CC1. The molecule has 3 rings (SSSR count). The number of sulfonamides is 1. The Hall–Kier alpha value is -1.25. The number of ether oxygens (including phenoxy) is 1. The molecule has 0 radical (unpaired) electrons. The van der Waals surface area contributed by atoms with Gasteiger partial charge in [0.15, 0.2) is 0 Å². The Morgan fingerprint density at radius 2 is 1.58 bits per heavy atom. The number of nitrogens with zero attached hydrogens (tertiary/aromatic N) is 2. The molecule has 0 unspecified atom stereocenters. The minimum Gasteiger partial charge on any atom is -0.435 e. The molecule has 2 aliphatic rings. The molecule has 1 aromatic carbocycles. The zero-order chi connectivity index (χ0) is 18.7. The number of rotatable bonds is 5. The smallest absolute Gasteiger partial charge is 0.387 e. The van der Waals surface area contributed by atoms with Gasteiger partial charge in [0.1, 0.15) is 5.75 Å². The van der Waals surface area contributed by atoms with Crippen molar-refractivity contribution in [1.82, 2.24) is 9.21 Å². The van der Waals surface area contributed by atoms with Crippen LogP contribution in [0.3, 0.4) is 0 Å². The van der Waals surface area contributed by atoms with Crippen LogP contribution in [0.5, 0.6) is 5.75 Å². The van der Waals surface area contributed by atoms with Crippen molar-refractivity contribution in [2.75, 3.05) is 26.2 Å². The summed E-state index contributed by atoms with van der Waals surface area (Å²) in [5, 5.41) is 0. The Balaban J connectivity index is 1.59. The van der Waals surface area contributed by atoms with Crippen LogP contribution >= 0.6 is 0 Å². The number of alkyl halides is 2. The van der Waals surface area contributed by atoms with Gasteiger partial charge in [0.2, 0.25) is 10.0 Å². The number of hydrogen-bond acceptors (Lipinski definition) is 4. The van der Waals surface area contributed by atoms with Crippen LogP contribution in [0.25, 0.3) is 0 Å². The predicted molar refractivity (Wildman–Crippen MR) is 94.8 cm³/mol. The van der Waals surface area contributed by atoms with Crippen LogP contribution < -0.4 is 4.74 Å². The molecule has 0 aromatic heterocycles. The number of likely N-dealkylation sites (tertiary alicyclic amines) is 1. The van der Waals surface area contributed by atoms with E-state index in [1.807, 2.05) is 0 Å². The molecule has 0 spiro atoms. The lowest BCUT2D eigenvalue weighted by molar-refractivity contribution is -0.0498. The van der Waals surface area contributed by atoms with E-state index in [1.54, 1.807) is 0 Å². The first-order chi connectivity index (χ1) is 12.4. The zero-order valence-electron chi connectivity index (χ0n) is 15.0. The Morgan fingerprint density at radius 1 is 1.00 bits per heavy atom. The second-order valence-corrected chi connectivity index (χ2v) is 9.14. The van der Waals surface area contributed by atoms with E-state index < -0.39 is 16.6 Å². The van der Waals surface area contributed by atoms with E-state index in [4.69, 9.17) is 0 Å². The van der Waals surface area contributed by atoms with Crippen LogP contribution in [-0.2, 0) is 10.0 Å². The van der Waals surface area contributed by atoms with Crippen molar-refractivity contribution in [3.63, 3.8) is 0 Å². The van der Waals surface area contributed by atoms with Crippen LogP contribution in [0.1, 0.15) is 32.6 Å². The van der Waals surface area contributed by atoms with E-state index in [9.17, 15) is 17.2 Å². The molecular formula is C18H26F2N2O3S. The third-order valence-electron chi connectivity index (χ3n) is 5.44. The second kappa shape index (κ2) is 8.19. The van der Waals surface area contributed by atoms with Crippen LogP contribution in [0.15, 0.2) is 29.2 Å².